The van der Waals surface area contributed by atoms with Gasteiger partial charge >= 0.3 is 0 Å². The Morgan fingerprint density at radius 1 is 1.54 bits per heavy atom. The van der Waals surface area contributed by atoms with Crippen LogP contribution in [-0.4, -0.2) is 37.7 Å². The van der Waals surface area contributed by atoms with E-state index in [9.17, 15) is 13.2 Å². The molecular formula is C7H14BrNO3S. The molecule has 0 aliphatic heterocycles. The van der Waals surface area contributed by atoms with Crippen molar-refractivity contribution < 1.29 is 13.2 Å². The molecule has 1 N–H and O–H groups in total. The summed E-state index contributed by atoms with van der Waals surface area (Å²) >= 11 is 3.32. The summed E-state index contributed by atoms with van der Waals surface area (Å²) in [5.41, 5.74) is 0. The van der Waals surface area contributed by atoms with Crippen molar-refractivity contribution in [3.63, 3.8) is 0 Å². The molecule has 13 heavy (non-hydrogen) atoms. The maximum atomic E-state index is 10.9. The van der Waals surface area contributed by atoms with Gasteiger partial charge in [0, 0.05) is 17.6 Å². The first-order valence-corrected chi connectivity index (χ1v) is 6.87. The molecule has 4 nitrogen and oxygen atoms in total. The number of hydrogen-bond donors (Lipinski definition) is 1. The van der Waals surface area contributed by atoms with Gasteiger partial charge in [-0.05, 0) is 6.42 Å². The fourth-order valence-corrected chi connectivity index (χ4v) is 1.51. The lowest BCUT2D eigenvalue weighted by Gasteiger charge is -2.04. The van der Waals surface area contributed by atoms with Crippen molar-refractivity contribution in [1.29, 1.82) is 0 Å². The first kappa shape index (κ1) is 12.9. The molecular weight excluding hydrogens is 258 g/mol. The van der Waals surface area contributed by atoms with E-state index in [4.69, 9.17) is 0 Å². The van der Waals surface area contributed by atoms with Crippen LogP contribution >= 0.6 is 15.9 Å². The molecule has 1 amide bonds. The summed E-state index contributed by atoms with van der Waals surface area (Å²) in [5.74, 6) is -0.862. The van der Waals surface area contributed by atoms with Crippen LogP contribution in [0, 0.1) is 0 Å². The molecule has 0 saturated carbocycles. The van der Waals surface area contributed by atoms with E-state index in [1.54, 1.807) is 0 Å². The van der Waals surface area contributed by atoms with Gasteiger partial charge in [-0.3, -0.25) is 4.79 Å². The quantitative estimate of drug-likeness (QED) is 0.733. The first-order chi connectivity index (χ1) is 5.81. The van der Waals surface area contributed by atoms with Crippen molar-refractivity contribution in [2.45, 2.75) is 18.2 Å². The molecule has 0 aromatic rings. The molecule has 0 rings (SSSR count). The minimum absolute atomic E-state index is 0.325. The number of rotatable bonds is 5. The van der Waals surface area contributed by atoms with E-state index in [-0.39, 0.29) is 0 Å². The fourth-order valence-electron chi connectivity index (χ4n) is 0.700. The zero-order chi connectivity index (χ0) is 10.5. The number of nitrogens with one attached hydrogen (secondary N) is 1. The van der Waals surface area contributed by atoms with E-state index >= 15 is 0 Å². The molecule has 0 saturated heterocycles. The SMILES string of the molecule is CC(Br)CCNC(=O)CS(C)(=O)=O. The molecule has 0 heterocycles. The second-order valence-electron chi connectivity index (χ2n) is 2.99. The van der Waals surface area contributed by atoms with Crippen molar-refractivity contribution in [2.75, 3.05) is 18.6 Å². The van der Waals surface area contributed by atoms with E-state index in [1.807, 2.05) is 6.92 Å². The predicted octanol–water partition coefficient (Wildman–Crippen LogP) is 0.321. The number of amides is 1. The maximum absolute atomic E-state index is 10.9. The first-order valence-electron chi connectivity index (χ1n) is 3.90. The average Bonchev–Trinajstić information content (AvgIpc) is 1.81. The lowest BCUT2D eigenvalue weighted by Crippen LogP contribution is -2.31. The molecule has 6 heteroatoms. The largest absolute Gasteiger partial charge is 0.355 e. The number of halogens is 1. The molecule has 1 unspecified atom stereocenters. The number of hydrogen-bond acceptors (Lipinski definition) is 3. The van der Waals surface area contributed by atoms with E-state index in [2.05, 4.69) is 21.2 Å². The maximum Gasteiger partial charge on any atom is 0.235 e. The second-order valence-corrected chi connectivity index (χ2v) is 6.69. The summed E-state index contributed by atoms with van der Waals surface area (Å²) in [6.07, 6.45) is 1.83. The van der Waals surface area contributed by atoms with Crippen LogP contribution in [0.15, 0.2) is 0 Å². The van der Waals surface area contributed by atoms with Gasteiger partial charge in [0.1, 0.15) is 5.75 Å². The highest BCUT2D eigenvalue weighted by atomic mass is 79.9. The number of sulfone groups is 1. The van der Waals surface area contributed by atoms with Crippen LogP contribution in [0.4, 0.5) is 0 Å². The summed E-state index contributed by atoms with van der Waals surface area (Å²) < 4.78 is 21.3. The lowest BCUT2D eigenvalue weighted by atomic mass is 10.3. The molecule has 78 valence electrons. The van der Waals surface area contributed by atoms with Gasteiger partial charge in [0.05, 0.1) is 0 Å². The summed E-state index contributed by atoms with van der Waals surface area (Å²) in [6.45, 7) is 2.46. The Bertz CT molecular complexity index is 261. The molecule has 0 fully saturated rings. The minimum atomic E-state index is -3.20. The lowest BCUT2D eigenvalue weighted by molar-refractivity contribution is -0.118. The van der Waals surface area contributed by atoms with E-state index in [1.165, 1.54) is 0 Å². The molecule has 0 radical (unpaired) electrons. The van der Waals surface area contributed by atoms with Crippen molar-refractivity contribution in [3.8, 4) is 0 Å². The zero-order valence-electron chi connectivity index (χ0n) is 7.71. The fraction of sp³-hybridized carbons (Fsp3) is 0.857. The number of carbonyl (C=O) groups is 1. The van der Waals surface area contributed by atoms with Crippen molar-refractivity contribution in [1.82, 2.24) is 5.32 Å². The van der Waals surface area contributed by atoms with Gasteiger partial charge in [-0.2, -0.15) is 0 Å². The molecule has 0 aromatic heterocycles. The molecule has 0 bridgehead atoms. The third kappa shape index (κ3) is 9.82. The summed E-state index contributed by atoms with van der Waals surface area (Å²) in [5, 5.41) is 2.52. The monoisotopic (exact) mass is 271 g/mol. The van der Waals surface area contributed by atoms with Gasteiger partial charge in [0.25, 0.3) is 0 Å². The van der Waals surface area contributed by atoms with Gasteiger partial charge in [-0.1, -0.05) is 22.9 Å². The minimum Gasteiger partial charge on any atom is -0.355 e. The van der Waals surface area contributed by atoms with E-state index in [0.29, 0.717) is 11.4 Å². The van der Waals surface area contributed by atoms with Gasteiger partial charge < -0.3 is 5.32 Å². The van der Waals surface area contributed by atoms with Crippen LogP contribution in [0.2, 0.25) is 0 Å². The Hall–Kier alpha value is -0.100. The highest BCUT2D eigenvalue weighted by Gasteiger charge is 2.09. The van der Waals surface area contributed by atoms with Crippen LogP contribution in [-0.2, 0) is 14.6 Å². The number of carbonyl (C=O) groups excluding carboxylic acids is 1. The van der Waals surface area contributed by atoms with E-state index < -0.39 is 21.5 Å². The summed E-state index contributed by atoms with van der Waals surface area (Å²) in [4.78, 5) is 11.3. The third-order valence-corrected chi connectivity index (χ3v) is 2.50. The summed E-state index contributed by atoms with van der Waals surface area (Å²) in [6, 6.07) is 0. The highest BCUT2D eigenvalue weighted by Crippen LogP contribution is 2.00. The Kier molecular flexibility index (Phi) is 5.55. The molecule has 0 aromatic carbocycles. The number of alkyl halides is 1. The van der Waals surface area contributed by atoms with Crippen LogP contribution < -0.4 is 5.32 Å². The van der Waals surface area contributed by atoms with Crippen molar-refractivity contribution in [3.05, 3.63) is 0 Å². The third-order valence-electron chi connectivity index (χ3n) is 1.26. The van der Waals surface area contributed by atoms with Gasteiger partial charge in [0.15, 0.2) is 9.84 Å². The Morgan fingerprint density at radius 2 is 2.08 bits per heavy atom. The predicted molar refractivity (Wildman–Crippen MR) is 55.7 cm³/mol. The Labute approximate surface area is 87.1 Å². The van der Waals surface area contributed by atoms with Crippen LogP contribution in [0.1, 0.15) is 13.3 Å². The average molecular weight is 272 g/mol. The highest BCUT2D eigenvalue weighted by molar-refractivity contribution is 9.09. The zero-order valence-corrected chi connectivity index (χ0v) is 10.1. The topological polar surface area (TPSA) is 63.2 Å². The van der Waals surface area contributed by atoms with Crippen LogP contribution in [0.25, 0.3) is 0 Å². The standard InChI is InChI=1S/C7H14BrNO3S/c1-6(8)3-4-9-7(10)5-13(2,11)12/h6H,3-5H2,1-2H3,(H,9,10). The second kappa shape index (κ2) is 5.59. The molecule has 1 atom stereocenters. The van der Waals surface area contributed by atoms with E-state index in [0.717, 1.165) is 12.7 Å². The molecule has 0 aliphatic carbocycles. The molecule has 0 aliphatic rings. The van der Waals surface area contributed by atoms with Gasteiger partial charge in [-0.25, -0.2) is 8.42 Å². The summed E-state index contributed by atoms with van der Waals surface area (Å²) in [7, 11) is -3.20. The molecule has 0 spiro atoms. The Balaban J connectivity index is 3.65. The Morgan fingerprint density at radius 3 is 2.46 bits per heavy atom. The smallest absolute Gasteiger partial charge is 0.235 e. The normalized spacial score (nSPS) is 13.8. The van der Waals surface area contributed by atoms with Gasteiger partial charge in [-0.15, -0.1) is 0 Å². The van der Waals surface area contributed by atoms with Crippen molar-refractivity contribution >= 4 is 31.7 Å². The van der Waals surface area contributed by atoms with Crippen LogP contribution in [0.3, 0.4) is 0 Å². The van der Waals surface area contributed by atoms with Crippen molar-refractivity contribution in [2.24, 2.45) is 0 Å². The van der Waals surface area contributed by atoms with Crippen LogP contribution in [0.5, 0.6) is 0 Å². The van der Waals surface area contributed by atoms with Gasteiger partial charge in [0.2, 0.25) is 5.91 Å².